The summed E-state index contributed by atoms with van der Waals surface area (Å²) in [6.07, 6.45) is -0.0432. The van der Waals surface area contributed by atoms with E-state index in [2.05, 4.69) is 26.1 Å². The van der Waals surface area contributed by atoms with Crippen molar-refractivity contribution in [2.45, 2.75) is 31.8 Å². The molecule has 130 valence electrons. The Balaban J connectivity index is 1.65. The number of rotatable bonds is 3. The number of aromatic nitrogens is 4. The van der Waals surface area contributed by atoms with Crippen molar-refractivity contribution < 1.29 is 9.47 Å². The maximum atomic E-state index is 5.90. The SMILES string of the molecule is Cc1ccc(-c2nnnn2[C@@H]2C/C(=N\NC(N)=S)[C@H]3OC[C@@H]2O3)cc1. The summed E-state index contributed by atoms with van der Waals surface area (Å²) in [4.78, 5) is 0. The first-order chi connectivity index (χ1) is 12.1. The van der Waals surface area contributed by atoms with Crippen LogP contribution in [0.1, 0.15) is 18.0 Å². The number of tetrazole rings is 1. The van der Waals surface area contributed by atoms with E-state index < -0.39 is 6.29 Å². The zero-order chi connectivity index (χ0) is 17.4. The molecule has 4 rings (SSSR count). The fourth-order valence-electron chi connectivity index (χ4n) is 3.02. The lowest BCUT2D eigenvalue weighted by Crippen LogP contribution is -2.39. The number of nitrogens with zero attached hydrogens (tertiary/aromatic N) is 5. The number of thiocarbonyl (C=S) groups is 1. The van der Waals surface area contributed by atoms with Crippen LogP contribution in [0.5, 0.6) is 0 Å². The minimum Gasteiger partial charge on any atom is -0.375 e. The van der Waals surface area contributed by atoms with Gasteiger partial charge in [0.1, 0.15) is 6.10 Å². The Kier molecular flexibility index (Phi) is 4.15. The minimum atomic E-state index is -0.484. The molecule has 1 aromatic carbocycles. The predicted molar refractivity (Wildman–Crippen MR) is 93.6 cm³/mol. The Bertz CT molecular complexity index is 820. The van der Waals surface area contributed by atoms with Crippen LogP contribution in [0.4, 0.5) is 0 Å². The van der Waals surface area contributed by atoms with Crippen LogP contribution >= 0.6 is 12.2 Å². The average molecular weight is 359 g/mol. The fraction of sp³-hybridized carbons (Fsp3) is 0.400. The van der Waals surface area contributed by atoms with Crippen molar-refractivity contribution in [2.24, 2.45) is 10.8 Å². The van der Waals surface area contributed by atoms with Crippen LogP contribution in [-0.2, 0) is 9.47 Å². The van der Waals surface area contributed by atoms with Gasteiger partial charge in [-0.1, -0.05) is 29.8 Å². The number of nitrogens with two attached hydrogens (primary N) is 1. The summed E-state index contributed by atoms with van der Waals surface area (Å²) in [5.41, 5.74) is 10.8. The van der Waals surface area contributed by atoms with E-state index in [1.165, 1.54) is 5.56 Å². The topological polar surface area (TPSA) is 112 Å². The summed E-state index contributed by atoms with van der Waals surface area (Å²) in [6, 6.07) is 7.92. The van der Waals surface area contributed by atoms with Crippen LogP contribution in [-0.4, -0.2) is 50.0 Å². The van der Waals surface area contributed by atoms with Crippen molar-refractivity contribution in [1.82, 2.24) is 25.6 Å². The lowest BCUT2D eigenvalue weighted by atomic mass is 10.0. The van der Waals surface area contributed by atoms with Gasteiger partial charge in [0, 0.05) is 12.0 Å². The van der Waals surface area contributed by atoms with Crippen LogP contribution in [0, 0.1) is 6.92 Å². The van der Waals surface area contributed by atoms with Crippen molar-refractivity contribution in [2.75, 3.05) is 6.61 Å². The fourth-order valence-corrected chi connectivity index (χ4v) is 3.06. The lowest BCUT2D eigenvalue weighted by Gasteiger charge is -2.28. The molecule has 0 spiro atoms. The molecular formula is C15H17N7O2S. The van der Waals surface area contributed by atoms with Crippen molar-refractivity contribution in [3.63, 3.8) is 0 Å². The van der Waals surface area contributed by atoms with Gasteiger partial charge in [0.25, 0.3) is 0 Å². The van der Waals surface area contributed by atoms with Gasteiger partial charge in [-0.3, -0.25) is 5.43 Å². The number of ether oxygens (including phenoxy) is 2. The second-order valence-electron chi connectivity index (χ2n) is 6.00. The van der Waals surface area contributed by atoms with Gasteiger partial charge in [0.2, 0.25) is 0 Å². The van der Waals surface area contributed by atoms with Crippen LogP contribution in [0.2, 0.25) is 0 Å². The number of hydrogen-bond donors (Lipinski definition) is 2. The number of fused-ring (bicyclic) bond motifs is 2. The molecule has 2 saturated heterocycles. The van der Waals surface area contributed by atoms with Crippen LogP contribution in [0.15, 0.2) is 29.4 Å². The van der Waals surface area contributed by atoms with Crippen molar-refractivity contribution >= 4 is 23.0 Å². The van der Waals surface area contributed by atoms with Crippen molar-refractivity contribution in [1.29, 1.82) is 0 Å². The Labute approximate surface area is 149 Å². The molecular weight excluding hydrogens is 342 g/mol. The largest absolute Gasteiger partial charge is 0.375 e. The Morgan fingerprint density at radius 1 is 1.40 bits per heavy atom. The second kappa shape index (κ2) is 6.47. The molecule has 2 aliphatic rings. The number of hydrogen-bond acceptors (Lipinski definition) is 7. The molecule has 0 radical (unpaired) electrons. The molecule has 2 aliphatic heterocycles. The monoisotopic (exact) mass is 359 g/mol. The number of hydrazone groups is 1. The summed E-state index contributed by atoms with van der Waals surface area (Å²) in [6.45, 7) is 2.49. The maximum absolute atomic E-state index is 5.90. The standard InChI is InChI=1S/C15H17N7O2S/c1-8-2-4-9(5-3-8)13-18-20-21-22(13)11-6-10(17-19-15(16)25)14-23-7-12(11)24-14/h2-5,11-12,14H,6-7H2,1H3,(H3,16,19,25)/b17-10+/t11-,12+,14+/m1/s1. The molecule has 0 saturated carbocycles. The van der Waals surface area contributed by atoms with Crippen molar-refractivity contribution in [3.05, 3.63) is 29.8 Å². The molecule has 0 unspecified atom stereocenters. The van der Waals surface area contributed by atoms with Gasteiger partial charge in [0.05, 0.1) is 18.4 Å². The van der Waals surface area contributed by atoms with Gasteiger partial charge in [0.15, 0.2) is 17.2 Å². The van der Waals surface area contributed by atoms with Crippen LogP contribution in [0.25, 0.3) is 11.4 Å². The van der Waals surface area contributed by atoms with E-state index in [-0.39, 0.29) is 17.3 Å². The highest BCUT2D eigenvalue weighted by atomic mass is 32.1. The molecule has 3 atom stereocenters. The summed E-state index contributed by atoms with van der Waals surface area (Å²) in [5.74, 6) is 0.681. The quantitative estimate of drug-likeness (QED) is 0.603. The summed E-state index contributed by atoms with van der Waals surface area (Å²) in [7, 11) is 0. The molecule has 25 heavy (non-hydrogen) atoms. The van der Waals surface area contributed by atoms with E-state index >= 15 is 0 Å². The summed E-state index contributed by atoms with van der Waals surface area (Å²) < 4.78 is 13.3. The zero-order valence-corrected chi connectivity index (χ0v) is 14.3. The molecule has 2 bridgehead atoms. The van der Waals surface area contributed by atoms with E-state index in [1.54, 1.807) is 4.68 Å². The third-order valence-electron chi connectivity index (χ3n) is 4.26. The van der Waals surface area contributed by atoms with E-state index in [1.807, 2.05) is 31.2 Å². The van der Waals surface area contributed by atoms with E-state index in [0.717, 1.165) is 5.56 Å². The molecule has 10 heteroatoms. The maximum Gasteiger partial charge on any atom is 0.199 e. The highest BCUT2D eigenvalue weighted by molar-refractivity contribution is 7.80. The van der Waals surface area contributed by atoms with E-state index in [9.17, 15) is 0 Å². The molecule has 0 aliphatic carbocycles. The lowest BCUT2D eigenvalue weighted by molar-refractivity contribution is -0.0320. The average Bonchev–Trinajstić information content (AvgIpc) is 3.23. The third kappa shape index (κ3) is 3.11. The smallest absolute Gasteiger partial charge is 0.199 e. The molecule has 2 aromatic rings. The van der Waals surface area contributed by atoms with Crippen molar-refractivity contribution in [3.8, 4) is 11.4 Å². The predicted octanol–water partition coefficient (Wildman–Crippen LogP) is 0.524. The highest BCUT2D eigenvalue weighted by Gasteiger charge is 2.44. The minimum absolute atomic E-state index is 0.0898. The number of aryl methyl sites for hydroxylation is 1. The summed E-state index contributed by atoms with van der Waals surface area (Å²) >= 11 is 4.79. The molecule has 9 nitrogen and oxygen atoms in total. The van der Waals surface area contributed by atoms with Gasteiger partial charge < -0.3 is 15.2 Å². The Morgan fingerprint density at radius 2 is 2.20 bits per heavy atom. The highest BCUT2D eigenvalue weighted by Crippen LogP contribution is 2.35. The molecule has 3 heterocycles. The first-order valence-corrected chi connectivity index (χ1v) is 8.26. The van der Waals surface area contributed by atoms with Crippen LogP contribution in [0.3, 0.4) is 0 Å². The molecule has 0 amide bonds. The number of nitrogens with one attached hydrogen (secondary N) is 1. The van der Waals surface area contributed by atoms with Crippen LogP contribution < -0.4 is 11.2 Å². The zero-order valence-electron chi connectivity index (χ0n) is 13.5. The molecule has 2 fully saturated rings. The second-order valence-corrected chi connectivity index (χ2v) is 6.44. The third-order valence-corrected chi connectivity index (χ3v) is 4.35. The van der Waals surface area contributed by atoms with Gasteiger partial charge in [-0.05, 0) is 29.6 Å². The van der Waals surface area contributed by atoms with E-state index in [0.29, 0.717) is 24.6 Å². The van der Waals surface area contributed by atoms with E-state index in [4.69, 9.17) is 27.4 Å². The van der Waals surface area contributed by atoms with Gasteiger partial charge in [-0.15, -0.1) is 5.10 Å². The van der Waals surface area contributed by atoms with Gasteiger partial charge in [-0.25, -0.2) is 4.68 Å². The first kappa shape index (κ1) is 16.1. The first-order valence-electron chi connectivity index (χ1n) is 7.85. The van der Waals surface area contributed by atoms with Gasteiger partial charge in [-0.2, -0.15) is 5.10 Å². The van der Waals surface area contributed by atoms with Gasteiger partial charge >= 0.3 is 0 Å². The summed E-state index contributed by atoms with van der Waals surface area (Å²) in [5, 5.41) is 16.5. The Morgan fingerprint density at radius 3 is 2.96 bits per heavy atom. The number of benzene rings is 1. The molecule has 3 N–H and O–H groups in total. The Hall–Kier alpha value is -2.43. The normalized spacial score (nSPS) is 26.8. The molecule has 1 aromatic heterocycles.